The SMILES string of the molecule is COc1n[nH]c(NS(=O)(=O)c2ccc(Cl)cc2[N+](=O)[O-])n1. The van der Waals surface area contributed by atoms with Crippen molar-refractivity contribution in [1.29, 1.82) is 0 Å². The first-order valence-electron chi connectivity index (χ1n) is 5.26. The highest BCUT2D eigenvalue weighted by atomic mass is 35.5. The molecule has 1 aromatic carbocycles. The molecule has 2 N–H and O–H groups in total. The minimum absolute atomic E-state index is 0.0435. The molecule has 0 aliphatic rings. The largest absolute Gasteiger partial charge is 0.466 e. The predicted molar refractivity (Wildman–Crippen MR) is 71.8 cm³/mol. The minimum atomic E-state index is -4.24. The quantitative estimate of drug-likeness (QED) is 0.618. The maximum absolute atomic E-state index is 12.1. The van der Waals surface area contributed by atoms with E-state index in [0.29, 0.717) is 0 Å². The van der Waals surface area contributed by atoms with Crippen LogP contribution in [0, 0.1) is 10.1 Å². The van der Waals surface area contributed by atoms with Crippen molar-refractivity contribution in [2.75, 3.05) is 11.8 Å². The van der Waals surface area contributed by atoms with Gasteiger partial charge in [-0.05, 0) is 12.1 Å². The number of aromatic nitrogens is 3. The molecule has 0 bridgehead atoms. The lowest BCUT2D eigenvalue weighted by molar-refractivity contribution is -0.387. The Bertz CT molecular complexity index is 790. The van der Waals surface area contributed by atoms with E-state index < -0.39 is 25.5 Å². The molecule has 10 nitrogen and oxygen atoms in total. The summed E-state index contributed by atoms with van der Waals surface area (Å²) in [6.07, 6.45) is 0. The molecule has 0 fully saturated rings. The smallest absolute Gasteiger partial charge is 0.336 e. The molecule has 0 saturated heterocycles. The van der Waals surface area contributed by atoms with Gasteiger partial charge in [-0.3, -0.25) is 10.1 Å². The summed E-state index contributed by atoms with van der Waals surface area (Å²) in [5.74, 6) is -0.240. The van der Waals surface area contributed by atoms with Gasteiger partial charge in [-0.1, -0.05) is 11.6 Å². The molecule has 12 heteroatoms. The average molecular weight is 334 g/mol. The van der Waals surface area contributed by atoms with Gasteiger partial charge in [-0.25, -0.2) is 18.2 Å². The maximum atomic E-state index is 12.1. The van der Waals surface area contributed by atoms with Gasteiger partial charge in [0.1, 0.15) is 0 Å². The van der Waals surface area contributed by atoms with Gasteiger partial charge in [-0.2, -0.15) is 4.98 Å². The number of ether oxygens (including phenoxy) is 1. The summed E-state index contributed by atoms with van der Waals surface area (Å²) in [6, 6.07) is 3.11. The molecule has 0 atom stereocenters. The number of nitrogens with one attached hydrogen (secondary N) is 2. The number of nitrogens with zero attached hydrogens (tertiary/aromatic N) is 3. The van der Waals surface area contributed by atoms with Crippen LogP contribution in [0.15, 0.2) is 23.1 Å². The number of rotatable bonds is 5. The molecule has 1 heterocycles. The van der Waals surface area contributed by atoms with E-state index in [2.05, 4.69) is 19.9 Å². The fraction of sp³-hybridized carbons (Fsp3) is 0.111. The Labute approximate surface area is 123 Å². The Morgan fingerprint density at radius 2 is 2.19 bits per heavy atom. The van der Waals surface area contributed by atoms with Gasteiger partial charge in [0.15, 0.2) is 4.90 Å². The lowest BCUT2D eigenvalue weighted by Gasteiger charge is -2.05. The fourth-order valence-electron chi connectivity index (χ4n) is 1.43. The predicted octanol–water partition coefficient (Wildman–Crippen LogP) is 1.18. The Morgan fingerprint density at radius 3 is 2.76 bits per heavy atom. The molecule has 0 radical (unpaired) electrons. The number of hydrogen-bond donors (Lipinski definition) is 2. The third kappa shape index (κ3) is 3.20. The van der Waals surface area contributed by atoms with Gasteiger partial charge in [0.25, 0.3) is 15.7 Å². The van der Waals surface area contributed by atoms with Gasteiger partial charge in [0, 0.05) is 11.1 Å². The van der Waals surface area contributed by atoms with Crippen molar-refractivity contribution in [2.45, 2.75) is 4.90 Å². The fourth-order valence-corrected chi connectivity index (χ4v) is 2.70. The molecule has 0 spiro atoms. The Morgan fingerprint density at radius 1 is 1.48 bits per heavy atom. The first kappa shape index (κ1) is 15.0. The zero-order valence-corrected chi connectivity index (χ0v) is 12.0. The van der Waals surface area contributed by atoms with Crippen LogP contribution >= 0.6 is 11.6 Å². The van der Waals surface area contributed by atoms with Crippen LogP contribution in [0.25, 0.3) is 0 Å². The van der Waals surface area contributed by atoms with Crippen molar-refractivity contribution >= 4 is 33.3 Å². The summed E-state index contributed by atoms with van der Waals surface area (Å²) in [7, 11) is -2.94. The number of H-pyrrole nitrogens is 1. The van der Waals surface area contributed by atoms with E-state index in [-0.39, 0.29) is 17.0 Å². The third-order valence-electron chi connectivity index (χ3n) is 2.29. The lowest BCUT2D eigenvalue weighted by atomic mass is 10.3. The van der Waals surface area contributed by atoms with Crippen LogP contribution in [0.3, 0.4) is 0 Å². The topological polar surface area (TPSA) is 140 Å². The molecule has 0 amide bonds. The summed E-state index contributed by atoms with van der Waals surface area (Å²) in [5.41, 5.74) is -0.651. The lowest BCUT2D eigenvalue weighted by Crippen LogP contribution is -2.15. The standard InChI is InChI=1S/C9H8ClN5O5S/c1-20-9-11-8(12-13-9)14-21(18,19)7-3-2-5(10)4-6(7)15(16)17/h2-4H,1H3,(H2,11,12,13,14). The van der Waals surface area contributed by atoms with E-state index in [0.717, 1.165) is 12.1 Å². The number of nitro groups is 1. The highest BCUT2D eigenvalue weighted by molar-refractivity contribution is 7.92. The second-order valence-electron chi connectivity index (χ2n) is 3.65. The molecule has 112 valence electrons. The van der Waals surface area contributed by atoms with Crippen molar-refractivity contribution in [3.8, 4) is 6.01 Å². The monoisotopic (exact) mass is 333 g/mol. The van der Waals surface area contributed by atoms with Gasteiger partial charge >= 0.3 is 6.01 Å². The molecule has 2 rings (SSSR count). The number of halogens is 1. The van der Waals surface area contributed by atoms with Crippen LogP contribution in [-0.2, 0) is 10.0 Å². The number of benzene rings is 1. The summed E-state index contributed by atoms with van der Waals surface area (Å²) in [4.78, 5) is 13.2. The number of hydrogen-bond acceptors (Lipinski definition) is 7. The molecule has 21 heavy (non-hydrogen) atoms. The van der Waals surface area contributed by atoms with Crippen molar-refractivity contribution in [3.63, 3.8) is 0 Å². The Kier molecular flexibility index (Phi) is 3.95. The van der Waals surface area contributed by atoms with Crippen molar-refractivity contribution in [3.05, 3.63) is 33.3 Å². The van der Waals surface area contributed by atoms with Crippen molar-refractivity contribution < 1.29 is 18.1 Å². The molecule has 0 aliphatic carbocycles. The summed E-state index contributed by atoms with van der Waals surface area (Å²) in [6.45, 7) is 0. The molecule has 2 aromatic rings. The zero-order chi connectivity index (χ0) is 15.6. The second-order valence-corrected chi connectivity index (χ2v) is 5.73. The van der Waals surface area contributed by atoms with E-state index >= 15 is 0 Å². The minimum Gasteiger partial charge on any atom is -0.466 e. The van der Waals surface area contributed by atoms with Crippen LogP contribution in [-0.4, -0.2) is 35.6 Å². The van der Waals surface area contributed by atoms with E-state index in [1.807, 2.05) is 4.72 Å². The Balaban J connectivity index is 2.42. The first-order chi connectivity index (χ1) is 9.83. The highest BCUT2D eigenvalue weighted by Gasteiger charge is 2.27. The molecule has 0 aliphatic heterocycles. The molecule has 1 aromatic heterocycles. The number of methoxy groups -OCH3 is 1. The number of sulfonamides is 1. The van der Waals surface area contributed by atoms with E-state index in [9.17, 15) is 18.5 Å². The van der Waals surface area contributed by atoms with Gasteiger partial charge in [0.05, 0.1) is 12.0 Å². The maximum Gasteiger partial charge on any atom is 0.336 e. The Hall–Kier alpha value is -2.40. The zero-order valence-electron chi connectivity index (χ0n) is 10.4. The number of anilines is 1. The van der Waals surface area contributed by atoms with Crippen LogP contribution in [0.5, 0.6) is 6.01 Å². The van der Waals surface area contributed by atoms with Crippen LogP contribution in [0.2, 0.25) is 5.02 Å². The van der Waals surface area contributed by atoms with Crippen molar-refractivity contribution in [1.82, 2.24) is 15.2 Å². The van der Waals surface area contributed by atoms with Gasteiger partial charge in [0.2, 0.25) is 5.95 Å². The normalized spacial score (nSPS) is 11.1. The molecule has 0 saturated carbocycles. The highest BCUT2D eigenvalue weighted by Crippen LogP contribution is 2.28. The van der Waals surface area contributed by atoms with E-state index in [1.165, 1.54) is 13.2 Å². The van der Waals surface area contributed by atoms with Crippen LogP contribution < -0.4 is 9.46 Å². The van der Waals surface area contributed by atoms with Gasteiger partial charge in [-0.15, -0.1) is 5.10 Å². The van der Waals surface area contributed by atoms with Crippen LogP contribution in [0.1, 0.15) is 0 Å². The number of aromatic amines is 1. The van der Waals surface area contributed by atoms with Crippen molar-refractivity contribution in [2.24, 2.45) is 0 Å². The van der Waals surface area contributed by atoms with E-state index in [4.69, 9.17) is 11.6 Å². The number of nitro benzene ring substituents is 1. The molecule has 0 unspecified atom stereocenters. The van der Waals surface area contributed by atoms with Gasteiger partial charge < -0.3 is 4.74 Å². The second kappa shape index (κ2) is 5.54. The average Bonchev–Trinajstić information content (AvgIpc) is 2.85. The van der Waals surface area contributed by atoms with Crippen LogP contribution in [0.4, 0.5) is 11.6 Å². The summed E-state index contributed by atoms with van der Waals surface area (Å²) >= 11 is 5.63. The third-order valence-corrected chi connectivity index (χ3v) is 3.91. The van der Waals surface area contributed by atoms with E-state index in [1.54, 1.807) is 0 Å². The molecular weight excluding hydrogens is 326 g/mol. The summed E-state index contributed by atoms with van der Waals surface area (Å²) in [5, 5.41) is 16.8. The summed E-state index contributed by atoms with van der Waals surface area (Å²) < 4.78 is 31.0. The first-order valence-corrected chi connectivity index (χ1v) is 7.13. The molecular formula is C9H8ClN5O5S.